The Kier molecular flexibility index (Phi) is 3.64. The van der Waals surface area contributed by atoms with Crippen molar-refractivity contribution in [3.05, 3.63) is 28.2 Å². The molecule has 0 radical (unpaired) electrons. The lowest BCUT2D eigenvalue weighted by Crippen LogP contribution is -2.30. The molecule has 0 aliphatic rings. The summed E-state index contributed by atoms with van der Waals surface area (Å²) in [6.07, 6.45) is 2.16. The zero-order valence-corrected chi connectivity index (χ0v) is 10.6. The van der Waals surface area contributed by atoms with Gasteiger partial charge in [0.15, 0.2) is 0 Å². The van der Waals surface area contributed by atoms with Gasteiger partial charge in [0.05, 0.1) is 11.4 Å². The fraction of sp³-hybridized carbons (Fsp3) is 0.400. The minimum Gasteiger partial charge on any atom is -0.337 e. The van der Waals surface area contributed by atoms with Crippen LogP contribution >= 0.6 is 0 Å². The molecule has 0 spiro atoms. The second kappa shape index (κ2) is 5.38. The Morgan fingerprint density at radius 3 is 2.89 bits per heavy atom. The minimum atomic E-state index is -0.356. The standard InChI is InChI=1S/C10H15N7O2/c1-6-7(5-17(2)16-6)12-9(18)11-4-3-8-13-10(19)15-14-8/h5H,3-4H2,1-2H3,(H2,11,12,18)(H2,13,14,15,19). The van der Waals surface area contributed by atoms with E-state index in [1.165, 1.54) is 0 Å². The molecule has 2 aromatic heterocycles. The first-order valence-corrected chi connectivity index (χ1v) is 5.73. The quantitative estimate of drug-likeness (QED) is 0.595. The normalized spacial score (nSPS) is 10.4. The third kappa shape index (κ3) is 3.44. The van der Waals surface area contributed by atoms with Crippen LogP contribution in [0.15, 0.2) is 11.0 Å². The number of urea groups is 1. The van der Waals surface area contributed by atoms with Crippen LogP contribution in [0.25, 0.3) is 0 Å². The molecule has 0 unspecified atom stereocenters. The summed E-state index contributed by atoms with van der Waals surface area (Å²) in [5.74, 6) is 0.503. The SMILES string of the molecule is Cc1nn(C)cc1NC(=O)NCCc1n[nH]c(=O)[nH]1. The molecule has 2 rings (SSSR count). The number of rotatable bonds is 4. The predicted octanol–water partition coefficient (Wildman–Crippen LogP) is -0.496. The summed E-state index contributed by atoms with van der Waals surface area (Å²) in [4.78, 5) is 24.9. The van der Waals surface area contributed by atoms with Crippen LogP contribution in [0.1, 0.15) is 11.5 Å². The third-order valence-corrected chi connectivity index (χ3v) is 2.46. The van der Waals surface area contributed by atoms with Crippen LogP contribution in [-0.2, 0) is 13.5 Å². The first-order chi connectivity index (χ1) is 9.04. The molecule has 19 heavy (non-hydrogen) atoms. The average Bonchev–Trinajstić information content (AvgIpc) is 2.86. The number of anilines is 1. The highest BCUT2D eigenvalue weighted by molar-refractivity contribution is 5.89. The Hall–Kier alpha value is -2.58. The molecule has 2 heterocycles. The fourth-order valence-corrected chi connectivity index (χ4v) is 1.61. The molecule has 2 aromatic rings. The van der Waals surface area contributed by atoms with E-state index in [0.29, 0.717) is 24.5 Å². The van der Waals surface area contributed by atoms with Gasteiger partial charge in [-0.1, -0.05) is 0 Å². The molecule has 0 saturated heterocycles. The largest absolute Gasteiger partial charge is 0.340 e. The monoisotopic (exact) mass is 265 g/mol. The van der Waals surface area contributed by atoms with E-state index >= 15 is 0 Å². The molecule has 0 atom stereocenters. The highest BCUT2D eigenvalue weighted by Crippen LogP contribution is 2.10. The van der Waals surface area contributed by atoms with Crippen LogP contribution in [0.5, 0.6) is 0 Å². The number of carbonyl (C=O) groups excluding carboxylic acids is 1. The fourth-order valence-electron chi connectivity index (χ4n) is 1.61. The van der Waals surface area contributed by atoms with Gasteiger partial charge in [0.2, 0.25) is 0 Å². The average molecular weight is 265 g/mol. The number of amides is 2. The molecule has 0 aliphatic heterocycles. The van der Waals surface area contributed by atoms with Gasteiger partial charge >= 0.3 is 11.7 Å². The number of nitrogens with one attached hydrogen (secondary N) is 4. The predicted molar refractivity (Wildman–Crippen MR) is 67.9 cm³/mol. The van der Waals surface area contributed by atoms with Gasteiger partial charge < -0.3 is 10.6 Å². The van der Waals surface area contributed by atoms with E-state index in [1.807, 2.05) is 6.92 Å². The summed E-state index contributed by atoms with van der Waals surface area (Å²) in [6, 6.07) is -0.325. The van der Waals surface area contributed by atoms with Gasteiger partial charge in [0, 0.05) is 26.2 Å². The number of H-pyrrole nitrogens is 2. The van der Waals surface area contributed by atoms with E-state index in [4.69, 9.17) is 0 Å². The van der Waals surface area contributed by atoms with Crippen molar-refractivity contribution in [2.45, 2.75) is 13.3 Å². The molecule has 9 nitrogen and oxygen atoms in total. The van der Waals surface area contributed by atoms with Gasteiger partial charge in [-0.3, -0.25) is 9.67 Å². The molecule has 0 aromatic carbocycles. The molecule has 0 aliphatic carbocycles. The van der Waals surface area contributed by atoms with Crippen molar-refractivity contribution in [2.75, 3.05) is 11.9 Å². The van der Waals surface area contributed by atoms with Crippen molar-refractivity contribution < 1.29 is 4.79 Å². The smallest absolute Gasteiger partial charge is 0.337 e. The van der Waals surface area contributed by atoms with Crippen LogP contribution in [0.4, 0.5) is 10.5 Å². The summed E-state index contributed by atoms with van der Waals surface area (Å²) in [5.41, 5.74) is 1.05. The number of aromatic amines is 2. The minimum absolute atomic E-state index is 0.325. The maximum atomic E-state index is 11.6. The molecule has 0 fully saturated rings. The van der Waals surface area contributed by atoms with Crippen LogP contribution in [0, 0.1) is 6.92 Å². The molecular weight excluding hydrogens is 250 g/mol. The lowest BCUT2D eigenvalue weighted by molar-refractivity contribution is 0.252. The highest BCUT2D eigenvalue weighted by Gasteiger charge is 2.07. The second-order valence-corrected chi connectivity index (χ2v) is 4.06. The van der Waals surface area contributed by atoms with Crippen LogP contribution in [0.2, 0.25) is 0 Å². The van der Waals surface area contributed by atoms with Crippen molar-refractivity contribution in [1.82, 2.24) is 30.3 Å². The number of nitrogens with zero attached hydrogens (tertiary/aromatic N) is 3. The van der Waals surface area contributed by atoms with E-state index in [-0.39, 0.29) is 11.7 Å². The van der Waals surface area contributed by atoms with E-state index in [1.54, 1.807) is 17.9 Å². The molecule has 0 saturated carbocycles. The summed E-state index contributed by atoms with van der Waals surface area (Å²) in [6.45, 7) is 2.18. The summed E-state index contributed by atoms with van der Waals surface area (Å²) >= 11 is 0. The zero-order valence-electron chi connectivity index (χ0n) is 10.6. The summed E-state index contributed by atoms with van der Waals surface area (Å²) in [7, 11) is 1.78. The lowest BCUT2D eigenvalue weighted by Gasteiger charge is -2.05. The second-order valence-electron chi connectivity index (χ2n) is 4.06. The van der Waals surface area contributed by atoms with E-state index < -0.39 is 0 Å². The molecule has 4 N–H and O–H groups in total. The first-order valence-electron chi connectivity index (χ1n) is 5.73. The molecular formula is C10H15N7O2. The van der Waals surface area contributed by atoms with Crippen LogP contribution in [0.3, 0.4) is 0 Å². The molecule has 102 valence electrons. The first kappa shape index (κ1) is 12.9. The van der Waals surface area contributed by atoms with Crippen molar-refractivity contribution in [3.63, 3.8) is 0 Å². The maximum absolute atomic E-state index is 11.6. The molecule has 2 amide bonds. The van der Waals surface area contributed by atoms with Crippen molar-refractivity contribution >= 4 is 11.7 Å². The molecule has 0 bridgehead atoms. The Morgan fingerprint density at radius 1 is 1.53 bits per heavy atom. The summed E-state index contributed by atoms with van der Waals surface area (Å²) in [5, 5.41) is 15.5. The number of carbonyl (C=O) groups is 1. The van der Waals surface area contributed by atoms with Gasteiger partial charge in [0.25, 0.3) is 0 Å². The van der Waals surface area contributed by atoms with Gasteiger partial charge in [-0.25, -0.2) is 14.7 Å². The van der Waals surface area contributed by atoms with Crippen molar-refractivity contribution in [1.29, 1.82) is 0 Å². The summed E-state index contributed by atoms with van der Waals surface area (Å²) < 4.78 is 1.62. The van der Waals surface area contributed by atoms with Crippen LogP contribution in [-0.4, -0.2) is 37.5 Å². The van der Waals surface area contributed by atoms with Gasteiger partial charge in [-0.2, -0.15) is 10.2 Å². The van der Waals surface area contributed by atoms with E-state index in [9.17, 15) is 9.59 Å². The van der Waals surface area contributed by atoms with Gasteiger partial charge in [-0.15, -0.1) is 0 Å². The van der Waals surface area contributed by atoms with Crippen molar-refractivity contribution in [3.8, 4) is 0 Å². The number of hydrogen-bond acceptors (Lipinski definition) is 4. The number of aromatic nitrogens is 5. The van der Waals surface area contributed by atoms with Crippen molar-refractivity contribution in [2.24, 2.45) is 7.05 Å². The third-order valence-electron chi connectivity index (χ3n) is 2.46. The number of aryl methyl sites for hydroxylation is 2. The Balaban J connectivity index is 1.79. The Bertz CT molecular complexity index is 624. The van der Waals surface area contributed by atoms with Crippen LogP contribution < -0.4 is 16.3 Å². The van der Waals surface area contributed by atoms with E-state index in [0.717, 1.165) is 5.69 Å². The zero-order chi connectivity index (χ0) is 13.8. The topological polar surface area (TPSA) is 120 Å². The number of hydrogen-bond donors (Lipinski definition) is 4. The highest BCUT2D eigenvalue weighted by atomic mass is 16.2. The molecule has 9 heteroatoms. The lowest BCUT2D eigenvalue weighted by atomic mass is 10.4. The van der Waals surface area contributed by atoms with E-state index in [2.05, 4.69) is 30.9 Å². The van der Waals surface area contributed by atoms with Gasteiger partial charge in [-0.05, 0) is 6.92 Å². The van der Waals surface area contributed by atoms with Gasteiger partial charge in [0.1, 0.15) is 5.82 Å². The Labute approximate surface area is 108 Å². The Morgan fingerprint density at radius 2 is 2.32 bits per heavy atom. The maximum Gasteiger partial charge on any atom is 0.340 e.